The van der Waals surface area contributed by atoms with Crippen molar-refractivity contribution in [1.82, 2.24) is 19.7 Å². The van der Waals surface area contributed by atoms with Crippen LogP contribution in [0.1, 0.15) is 54.6 Å². The molecular weight excluding hydrogens is 352 g/mol. The minimum Gasteiger partial charge on any atom is -0.381 e. The molecule has 1 aromatic carbocycles. The predicted octanol–water partition coefficient (Wildman–Crippen LogP) is 2.89. The van der Waals surface area contributed by atoms with Crippen molar-refractivity contribution in [2.45, 2.75) is 51.0 Å². The Morgan fingerprint density at radius 1 is 1.21 bits per heavy atom. The van der Waals surface area contributed by atoms with Gasteiger partial charge in [-0.1, -0.05) is 29.8 Å². The van der Waals surface area contributed by atoms with Crippen LogP contribution >= 0.6 is 0 Å². The second kappa shape index (κ2) is 6.99. The maximum Gasteiger partial charge on any atom is 0.227 e. The molecule has 28 heavy (non-hydrogen) atoms. The summed E-state index contributed by atoms with van der Waals surface area (Å²) in [5, 5.41) is 8.76. The number of carbonyl (C=O) groups is 1. The van der Waals surface area contributed by atoms with Crippen molar-refractivity contribution in [3.63, 3.8) is 0 Å². The summed E-state index contributed by atoms with van der Waals surface area (Å²) in [5.41, 5.74) is 2.38. The van der Waals surface area contributed by atoms with Gasteiger partial charge >= 0.3 is 0 Å². The fourth-order valence-corrected chi connectivity index (χ4v) is 4.93. The van der Waals surface area contributed by atoms with Gasteiger partial charge < -0.3 is 14.2 Å². The Morgan fingerprint density at radius 3 is 2.68 bits per heavy atom. The topological polar surface area (TPSA) is 60.2 Å². The first-order valence-electron chi connectivity index (χ1n) is 10.5. The average molecular weight is 380 g/mol. The van der Waals surface area contributed by atoms with Crippen LogP contribution < -0.4 is 0 Å². The lowest BCUT2D eigenvalue weighted by molar-refractivity contribution is -0.130. The van der Waals surface area contributed by atoms with Gasteiger partial charge in [0, 0.05) is 43.7 Å². The van der Waals surface area contributed by atoms with Gasteiger partial charge in [-0.2, -0.15) is 0 Å². The minimum atomic E-state index is 0.0703. The number of rotatable bonds is 4. The zero-order valence-electron chi connectivity index (χ0n) is 16.5. The van der Waals surface area contributed by atoms with Crippen LogP contribution in [-0.4, -0.2) is 51.9 Å². The Balaban J connectivity index is 1.39. The van der Waals surface area contributed by atoms with E-state index in [0.29, 0.717) is 12.5 Å². The van der Waals surface area contributed by atoms with Gasteiger partial charge in [0.15, 0.2) is 0 Å². The lowest BCUT2D eigenvalue weighted by Crippen LogP contribution is -2.38. The highest BCUT2D eigenvalue weighted by molar-refractivity contribution is 5.79. The van der Waals surface area contributed by atoms with E-state index in [1.54, 1.807) is 0 Å². The molecule has 1 spiro atoms. The Bertz CT molecular complexity index is 850. The minimum absolute atomic E-state index is 0.0703. The van der Waals surface area contributed by atoms with Crippen molar-refractivity contribution in [2.24, 2.45) is 5.41 Å². The Kier molecular flexibility index (Phi) is 4.46. The van der Waals surface area contributed by atoms with Crippen molar-refractivity contribution in [3.05, 3.63) is 47.5 Å². The van der Waals surface area contributed by atoms with Crippen molar-refractivity contribution < 1.29 is 9.53 Å². The third kappa shape index (κ3) is 3.24. The molecule has 1 aromatic heterocycles. The summed E-state index contributed by atoms with van der Waals surface area (Å²) >= 11 is 0. The SMILES string of the molecule is Cc1ccc(CC(=O)N2CC(c3nncn3C3CC3)C3(CCOCC3)C2)cc1. The lowest BCUT2D eigenvalue weighted by atomic mass is 9.71. The van der Waals surface area contributed by atoms with Crippen LogP contribution in [0.3, 0.4) is 0 Å². The van der Waals surface area contributed by atoms with Crippen LogP contribution in [-0.2, 0) is 16.0 Å². The molecule has 1 unspecified atom stereocenters. The van der Waals surface area contributed by atoms with E-state index >= 15 is 0 Å². The normalized spacial score (nSPS) is 24.0. The molecule has 6 nitrogen and oxygen atoms in total. The van der Waals surface area contributed by atoms with Crippen LogP contribution in [0.5, 0.6) is 0 Å². The molecule has 1 aliphatic carbocycles. The van der Waals surface area contributed by atoms with Crippen LogP contribution in [0.2, 0.25) is 0 Å². The maximum atomic E-state index is 13.1. The van der Waals surface area contributed by atoms with E-state index in [9.17, 15) is 4.79 Å². The van der Waals surface area contributed by atoms with Gasteiger partial charge in [0.1, 0.15) is 12.2 Å². The molecule has 1 atom stereocenters. The van der Waals surface area contributed by atoms with Gasteiger partial charge in [-0.3, -0.25) is 4.79 Å². The molecule has 1 saturated carbocycles. The molecular formula is C22H28N4O2. The van der Waals surface area contributed by atoms with Crippen LogP contribution in [0.4, 0.5) is 0 Å². The summed E-state index contributed by atoms with van der Waals surface area (Å²) < 4.78 is 7.94. The molecule has 2 saturated heterocycles. The summed E-state index contributed by atoms with van der Waals surface area (Å²) in [6.07, 6.45) is 6.76. The van der Waals surface area contributed by atoms with Crippen LogP contribution in [0.15, 0.2) is 30.6 Å². The van der Waals surface area contributed by atoms with E-state index in [0.717, 1.165) is 50.5 Å². The highest BCUT2D eigenvalue weighted by Gasteiger charge is 2.51. The molecule has 1 amide bonds. The Labute approximate surface area is 165 Å². The van der Waals surface area contributed by atoms with Gasteiger partial charge in [0.05, 0.1) is 6.42 Å². The molecule has 6 heteroatoms. The van der Waals surface area contributed by atoms with Crippen molar-refractivity contribution >= 4 is 5.91 Å². The van der Waals surface area contributed by atoms with Crippen molar-refractivity contribution in [2.75, 3.05) is 26.3 Å². The smallest absolute Gasteiger partial charge is 0.227 e. The molecule has 0 radical (unpaired) electrons. The number of amides is 1. The van der Waals surface area contributed by atoms with Gasteiger partial charge in [-0.05, 0) is 38.2 Å². The molecule has 0 bridgehead atoms. The number of hydrogen-bond donors (Lipinski definition) is 0. The average Bonchev–Trinajstić information content (AvgIpc) is 3.33. The molecule has 5 rings (SSSR count). The molecule has 148 valence electrons. The van der Waals surface area contributed by atoms with Gasteiger partial charge in [-0.25, -0.2) is 0 Å². The highest BCUT2D eigenvalue weighted by Crippen LogP contribution is 2.50. The molecule has 2 aliphatic heterocycles. The van der Waals surface area contributed by atoms with E-state index in [2.05, 4.69) is 50.9 Å². The van der Waals surface area contributed by atoms with Gasteiger partial charge in [0.2, 0.25) is 5.91 Å². The van der Waals surface area contributed by atoms with E-state index < -0.39 is 0 Å². The molecule has 3 fully saturated rings. The summed E-state index contributed by atoms with van der Waals surface area (Å²) in [7, 11) is 0. The zero-order chi connectivity index (χ0) is 19.1. The van der Waals surface area contributed by atoms with E-state index in [1.165, 1.54) is 18.4 Å². The second-order valence-electron chi connectivity index (χ2n) is 8.79. The van der Waals surface area contributed by atoms with E-state index in [1.807, 2.05) is 6.33 Å². The summed E-state index contributed by atoms with van der Waals surface area (Å²) in [6, 6.07) is 8.84. The fourth-order valence-electron chi connectivity index (χ4n) is 4.93. The summed E-state index contributed by atoms with van der Waals surface area (Å²) in [5.74, 6) is 1.55. The van der Waals surface area contributed by atoms with E-state index in [4.69, 9.17) is 4.74 Å². The Morgan fingerprint density at radius 2 is 1.96 bits per heavy atom. The second-order valence-corrected chi connectivity index (χ2v) is 8.79. The third-order valence-corrected chi connectivity index (χ3v) is 6.82. The highest BCUT2D eigenvalue weighted by atomic mass is 16.5. The summed E-state index contributed by atoms with van der Waals surface area (Å²) in [4.78, 5) is 15.2. The number of hydrogen-bond acceptors (Lipinski definition) is 4. The molecule has 0 N–H and O–H groups in total. The first-order valence-corrected chi connectivity index (χ1v) is 10.5. The summed E-state index contributed by atoms with van der Waals surface area (Å²) in [6.45, 7) is 5.17. The first-order chi connectivity index (χ1) is 13.6. The quantitative estimate of drug-likeness (QED) is 0.818. The standard InChI is InChI=1S/C22H28N4O2/c1-16-2-4-17(5-3-16)12-20(27)25-13-19(22(14-25)8-10-28-11-9-22)21-24-23-15-26(21)18-6-7-18/h2-5,15,18-19H,6-14H2,1H3. The fraction of sp³-hybridized carbons (Fsp3) is 0.591. The number of aromatic nitrogens is 3. The van der Waals surface area contributed by atoms with Crippen LogP contribution in [0.25, 0.3) is 0 Å². The first kappa shape index (κ1) is 17.9. The number of benzene rings is 1. The largest absolute Gasteiger partial charge is 0.381 e. The number of nitrogens with zero attached hydrogens (tertiary/aromatic N) is 4. The Hall–Kier alpha value is -2.21. The number of likely N-dealkylation sites (tertiary alicyclic amines) is 1. The van der Waals surface area contributed by atoms with Crippen LogP contribution in [0, 0.1) is 12.3 Å². The van der Waals surface area contributed by atoms with Crippen molar-refractivity contribution in [3.8, 4) is 0 Å². The zero-order valence-corrected chi connectivity index (χ0v) is 16.5. The van der Waals surface area contributed by atoms with E-state index in [-0.39, 0.29) is 17.2 Å². The number of aryl methyl sites for hydroxylation is 1. The molecule has 3 aliphatic rings. The van der Waals surface area contributed by atoms with Gasteiger partial charge in [0.25, 0.3) is 0 Å². The molecule has 2 aromatic rings. The third-order valence-electron chi connectivity index (χ3n) is 6.82. The monoisotopic (exact) mass is 380 g/mol. The predicted molar refractivity (Wildman–Crippen MR) is 105 cm³/mol. The maximum absolute atomic E-state index is 13.1. The number of carbonyl (C=O) groups excluding carboxylic acids is 1. The van der Waals surface area contributed by atoms with Gasteiger partial charge in [-0.15, -0.1) is 10.2 Å². The molecule has 3 heterocycles. The van der Waals surface area contributed by atoms with Crippen molar-refractivity contribution in [1.29, 1.82) is 0 Å². The number of ether oxygens (including phenoxy) is 1. The lowest BCUT2D eigenvalue weighted by Gasteiger charge is -2.37.